The second-order valence-electron chi connectivity index (χ2n) is 4.57. The number of hydrogen-bond donors (Lipinski definition) is 3. The van der Waals surface area contributed by atoms with E-state index >= 15 is 0 Å². The third-order valence-corrected chi connectivity index (χ3v) is 4.27. The Morgan fingerprint density at radius 3 is 2.57 bits per heavy atom. The van der Waals surface area contributed by atoms with Crippen molar-refractivity contribution in [3.05, 3.63) is 28.2 Å². The van der Waals surface area contributed by atoms with Crippen molar-refractivity contribution in [2.45, 2.75) is 32.2 Å². The first-order valence-electron chi connectivity index (χ1n) is 6.58. The highest BCUT2D eigenvalue weighted by atomic mass is 79.9. The molecule has 1 rings (SSSR count). The van der Waals surface area contributed by atoms with E-state index in [0.29, 0.717) is 28.6 Å². The largest absolute Gasteiger partial charge is 0.497 e. The van der Waals surface area contributed by atoms with Crippen molar-refractivity contribution in [2.75, 3.05) is 7.11 Å². The topological polar surface area (TPSA) is 96.9 Å². The number of hydrogen-bond acceptors (Lipinski definition) is 4. The molecule has 0 heterocycles. The van der Waals surface area contributed by atoms with E-state index < -0.39 is 5.54 Å². The molecule has 1 aromatic carbocycles. The first-order valence-corrected chi connectivity index (χ1v) is 7.37. The van der Waals surface area contributed by atoms with Gasteiger partial charge in [-0.05, 0) is 47.0 Å². The molecule has 6 nitrogen and oxygen atoms in total. The lowest BCUT2D eigenvalue weighted by atomic mass is 9.91. The number of rotatable bonds is 6. The van der Waals surface area contributed by atoms with Crippen molar-refractivity contribution in [2.24, 2.45) is 10.9 Å². The highest BCUT2D eigenvalue weighted by Crippen LogP contribution is 2.24. The summed E-state index contributed by atoms with van der Waals surface area (Å²) in [4.78, 5) is 12.5. The monoisotopic (exact) mass is 357 g/mol. The van der Waals surface area contributed by atoms with E-state index in [2.05, 4.69) is 26.4 Å². The molecule has 0 radical (unpaired) electrons. The summed E-state index contributed by atoms with van der Waals surface area (Å²) in [5.41, 5.74) is 5.28. The number of methoxy groups -OCH3 is 1. The number of nitrogens with zero attached hydrogens (tertiary/aromatic N) is 1. The zero-order chi connectivity index (χ0) is 16.0. The van der Waals surface area contributed by atoms with Crippen molar-refractivity contribution in [3.63, 3.8) is 0 Å². The van der Waals surface area contributed by atoms with Crippen LogP contribution in [0.2, 0.25) is 0 Å². The predicted octanol–water partition coefficient (Wildman–Crippen LogP) is 2.49. The summed E-state index contributed by atoms with van der Waals surface area (Å²) in [5.74, 6) is 0.238. The summed E-state index contributed by atoms with van der Waals surface area (Å²) in [6, 6.07) is 5.11. The third-order valence-electron chi connectivity index (χ3n) is 3.58. The molecule has 0 atom stereocenters. The Kier molecular flexibility index (Phi) is 6.02. The predicted molar refractivity (Wildman–Crippen MR) is 84.9 cm³/mol. The van der Waals surface area contributed by atoms with E-state index in [1.54, 1.807) is 18.2 Å². The number of ether oxygens (including phenoxy) is 1. The van der Waals surface area contributed by atoms with Gasteiger partial charge in [0.1, 0.15) is 11.3 Å². The van der Waals surface area contributed by atoms with Crippen molar-refractivity contribution >= 4 is 27.7 Å². The van der Waals surface area contributed by atoms with Crippen LogP contribution in [0, 0.1) is 0 Å². The number of amidine groups is 1. The minimum absolute atomic E-state index is 0.0140. The molecule has 0 bridgehead atoms. The Balaban J connectivity index is 3.14. The van der Waals surface area contributed by atoms with E-state index in [9.17, 15) is 4.79 Å². The van der Waals surface area contributed by atoms with Crippen molar-refractivity contribution in [3.8, 4) is 5.75 Å². The number of nitrogens with two attached hydrogens (primary N) is 1. The van der Waals surface area contributed by atoms with Crippen LogP contribution in [0.3, 0.4) is 0 Å². The van der Waals surface area contributed by atoms with Crippen LogP contribution >= 0.6 is 15.9 Å². The summed E-state index contributed by atoms with van der Waals surface area (Å²) in [6.45, 7) is 3.73. The molecular weight excluding hydrogens is 338 g/mol. The standard InChI is InChI=1S/C14H20BrN3O3/c1-4-14(5-2,13(16)18-20)17-12(19)10-8-9(21-3)6-7-11(10)15/h6-8,20H,4-5H2,1-3H3,(H2,16,18)(H,17,19). The van der Waals surface area contributed by atoms with Gasteiger partial charge < -0.3 is 21.0 Å². The van der Waals surface area contributed by atoms with E-state index in [4.69, 9.17) is 15.7 Å². The van der Waals surface area contributed by atoms with E-state index in [1.807, 2.05) is 13.8 Å². The molecule has 0 aliphatic carbocycles. The second-order valence-corrected chi connectivity index (χ2v) is 5.43. The quantitative estimate of drug-likeness (QED) is 0.315. The number of amides is 1. The van der Waals surface area contributed by atoms with E-state index in [-0.39, 0.29) is 11.7 Å². The van der Waals surface area contributed by atoms with E-state index in [1.165, 1.54) is 7.11 Å². The van der Waals surface area contributed by atoms with Gasteiger partial charge in [-0.1, -0.05) is 19.0 Å². The first-order chi connectivity index (χ1) is 9.93. The molecule has 21 heavy (non-hydrogen) atoms. The van der Waals surface area contributed by atoms with Gasteiger partial charge in [0.05, 0.1) is 12.7 Å². The fourth-order valence-electron chi connectivity index (χ4n) is 2.04. The van der Waals surface area contributed by atoms with Crippen LogP contribution in [-0.2, 0) is 0 Å². The highest BCUT2D eigenvalue weighted by Gasteiger charge is 2.34. The number of nitrogens with one attached hydrogen (secondary N) is 1. The second kappa shape index (κ2) is 7.31. The lowest BCUT2D eigenvalue weighted by molar-refractivity contribution is 0.0916. The first kappa shape index (κ1) is 17.3. The molecule has 0 saturated heterocycles. The minimum Gasteiger partial charge on any atom is -0.497 e. The van der Waals surface area contributed by atoms with Gasteiger partial charge in [-0.2, -0.15) is 0 Å². The summed E-state index contributed by atoms with van der Waals surface area (Å²) >= 11 is 3.34. The molecule has 1 aromatic rings. The van der Waals surface area contributed by atoms with Gasteiger partial charge in [-0.25, -0.2) is 0 Å². The number of benzene rings is 1. The molecule has 0 aliphatic rings. The SMILES string of the molecule is CCC(CC)(NC(=O)c1cc(OC)ccc1Br)/C(N)=N/O. The Hall–Kier alpha value is -1.76. The Labute approximate surface area is 132 Å². The fourth-order valence-corrected chi connectivity index (χ4v) is 2.47. The van der Waals surface area contributed by atoms with Gasteiger partial charge in [0, 0.05) is 4.47 Å². The van der Waals surface area contributed by atoms with Gasteiger partial charge in [0.15, 0.2) is 5.84 Å². The van der Waals surface area contributed by atoms with Crippen LogP contribution in [0.4, 0.5) is 0 Å². The molecule has 4 N–H and O–H groups in total. The molecule has 116 valence electrons. The molecule has 0 saturated carbocycles. The average molecular weight is 358 g/mol. The average Bonchev–Trinajstić information content (AvgIpc) is 2.52. The van der Waals surface area contributed by atoms with E-state index in [0.717, 1.165) is 0 Å². The third kappa shape index (κ3) is 3.66. The Morgan fingerprint density at radius 1 is 1.48 bits per heavy atom. The molecular formula is C14H20BrN3O3. The Morgan fingerprint density at radius 2 is 2.10 bits per heavy atom. The summed E-state index contributed by atoms with van der Waals surface area (Å²) in [6.07, 6.45) is 1.01. The normalized spacial score (nSPS) is 12.1. The number of halogens is 1. The zero-order valence-electron chi connectivity index (χ0n) is 12.3. The Bertz CT molecular complexity index is 542. The summed E-state index contributed by atoms with van der Waals surface area (Å²) in [7, 11) is 1.53. The molecule has 7 heteroatoms. The molecule has 0 unspecified atom stereocenters. The maximum atomic E-state index is 12.5. The molecule has 0 aliphatic heterocycles. The van der Waals surface area contributed by atoms with Crippen LogP contribution in [0.25, 0.3) is 0 Å². The minimum atomic E-state index is -0.881. The van der Waals surface area contributed by atoms with Crippen LogP contribution in [0.1, 0.15) is 37.0 Å². The molecule has 0 aromatic heterocycles. The van der Waals surface area contributed by atoms with Gasteiger partial charge >= 0.3 is 0 Å². The van der Waals surface area contributed by atoms with Gasteiger partial charge in [0.25, 0.3) is 5.91 Å². The molecule has 0 fully saturated rings. The van der Waals surface area contributed by atoms with Crippen molar-refractivity contribution < 1.29 is 14.7 Å². The van der Waals surface area contributed by atoms with Gasteiger partial charge in [0.2, 0.25) is 0 Å². The number of carbonyl (C=O) groups excluding carboxylic acids is 1. The summed E-state index contributed by atoms with van der Waals surface area (Å²) in [5, 5.41) is 14.8. The maximum Gasteiger partial charge on any atom is 0.253 e. The lowest BCUT2D eigenvalue weighted by Gasteiger charge is -2.31. The van der Waals surface area contributed by atoms with Crippen molar-refractivity contribution in [1.82, 2.24) is 5.32 Å². The number of carbonyl (C=O) groups is 1. The van der Waals surface area contributed by atoms with Gasteiger partial charge in [-0.15, -0.1) is 0 Å². The van der Waals surface area contributed by atoms with Crippen LogP contribution in [0.15, 0.2) is 27.8 Å². The molecule has 1 amide bonds. The lowest BCUT2D eigenvalue weighted by Crippen LogP contribution is -2.56. The zero-order valence-corrected chi connectivity index (χ0v) is 13.9. The summed E-state index contributed by atoms with van der Waals surface area (Å²) < 4.78 is 5.76. The highest BCUT2D eigenvalue weighted by molar-refractivity contribution is 9.10. The fraction of sp³-hybridized carbons (Fsp3) is 0.429. The number of oxime groups is 1. The molecule has 0 spiro atoms. The van der Waals surface area contributed by atoms with Gasteiger partial charge in [-0.3, -0.25) is 4.79 Å². The smallest absolute Gasteiger partial charge is 0.253 e. The van der Waals surface area contributed by atoms with Crippen LogP contribution in [-0.4, -0.2) is 29.6 Å². The van der Waals surface area contributed by atoms with Crippen LogP contribution < -0.4 is 15.8 Å². The maximum absolute atomic E-state index is 12.5. The van der Waals surface area contributed by atoms with Crippen molar-refractivity contribution in [1.29, 1.82) is 0 Å². The van der Waals surface area contributed by atoms with Crippen LogP contribution in [0.5, 0.6) is 5.75 Å².